The molecule has 1 saturated heterocycles. The molecule has 0 aromatic carbocycles. The number of amides is 1. The molecule has 0 bridgehead atoms. The van der Waals surface area contributed by atoms with E-state index in [9.17, 15) is 9.90 Å². The van der Waals surface area contributed by atoms with Crippen molar-refractivity contribution in [3.05, 3.63) is 11.7 Å². The summed E-state index contributed by atoms with van der Waals surface area (Å²) in [6, 6.07) is 0.152. The molecule has 1 aromatic rings. The highest BCUT2D eigenvalue weighted by atomic mass is 16.5. The van der Waals surface area contributed by atoms with E-state index >= 15 is 0 Å². The zero-order chi connectivity index (χ0) is 16.4. The molecule has 7 nitrogen and oxygen atoms in total. The Morgan fingerprint density at radius 1 is 1.48 bits per heavy atom. The second-order valence-electron chi connectivity index (χ2n) is 6.73. The van der Waals surface area contributed by atoms with Gasteiger partial charge in [-0.2, -0.15) is 4.98 Å². The normalized spacial score (nSPS) is 23.2. The number of aliphatic hydroxyl groups excluding tert-OH is 1. The number of nitrogens with zero attached hydrogens (tertiary/aromatic N) is 4. The number of hydrogen-bond donors (Lipinski definition) is 1. The largest absolute Gasteiger partial charge is 0.392 e. The molecule has 2 heterocycles. The topological polar surface area (TPSA) is 82.7 Å². The van der Waals surface area contributed by atoms with Crippen molar-refractivity contribution in [3.8, 4) is 0 Å². The Bertz CT molecular complexity index is 543. The van der Waals surface area contributed by atoms with Crippen molar-refractivity contribution in [1.29, 1.82) is 0 Å². The van der Waals surface area contributed by atoms with Gasteiger partial charge < -0.3 is 14.5 Å². The summed E-state index contributed by atoms with van der Waals surface area (Å²) in [6.07, 6.45) is 3.62. The maximum Gasteiger partial charge on any atom is 0.229 e. The van der Waals surface area contributed by atoms with Crippen LogP contribution in [0.3, 0.4) is 0 Å². The summed E-state index contributed by atoms with van der Waals surface area (Å²) in [5.41, 5.74) is 0. The van der Waals surface area contributed by atoms with E-state index in [1.165, 1.54) is 0 Å². The van der Waals surface area contributed by atoms with Gasteiger partial charge in [0, 0.05) is 38.5 Å². The number of likely N-dealkylation sites (tertiary alicyclic amines) is 1. The summed E-state index contributed by atoms with van der Waals surface area (Å²) in [7, 11) is 0. The molecule has 2 unspecified atom stereocenters. The van der Waals surface area contributed by atoms with Gasteiger partial charge >= 0.3 is 0 Å². The van der Waals surface area contributed by atoms with Gasteiger partial charge in [0.25, 0.3) is 0 Å². The lowest BCUT2D eigenvalue weighted by molar-refractivity contribution is -0.131. The van der Waals surface area contributed by atoms with E-state index in [0.717, 1.165) is 38.8 Å². The van der Waals surface area contributed by atoms with Crippen LogP contribution in [0.1, 0.15) is 57.2 Å². The Balaban J connectivity index is 1.59. The molecule has 0 radical (unpaired) electrons. The molecule has 128 valence electrons. The Morgan fingerprint density at radius 2 is 2.26 bits per heavy atom. The maximum absolute atomic E-state index is 12.0. The Labute approximate surface area is 136 Å². The number of carbonyl (C=O) groups is 1. The van der Waals surface area contributed by atoms with Gasteiger partial charge in [0.05, 0.1) is 12.6 Å². The van der Waals surface area contributed by atoms with E-state index in [1.54, 1.807) is 6.92 Å². The Kier molecular flexibility index (Phi) is 4.96. The minimum atomic E-state index is -0.294. The molecule has 0 spiro atoms. The fourth-order valence-corrected chi connectivity index (χ4v) is 3.14. The lowest BCUT2D eigenvalue weighted by Gasteiger charge is -2.27. The van der Waals surface area contributed by atoms with Crippen molar-refractivity contribution >= 4 is 5.91 Å². The van der Waals surface area contributed by atoms with Crippen molar-refractivity contribution in [2.24, 2.45) is 0 Å². The lowest BCUT2D eigenvalue weighted by atomic mass is 10.2. The molecule has 1 N–H and O–H groups in total. The molecule has 1 aromatic heterocycles. The first kappa shape index (κ1) is 16.4. The third-order valence-corrected chi connectivity index (χ3v) is 4.76. The highest BCUT2D eigenvalue weighted by molar-refractivity contribution is 5.73. The van der Waals surface area contributed by atoms with Crippen LogP contribution in [0.4, 0.5) is 0 Å². The summed E-state index contributed by atoms with van der Waals surface area (Å²) < 4.78 is 5.28. The van der Waals surface area contributed by atoms with Gasteiger partial charge in [0.15, 0.2) is 5.82 Å². The van der Waals surface area contributed by atoms with Crippen molar-refractivity contribution in [2.75, 3.05) is 19.6 Å². The number of rotatable bonds is 7. The molecule has 2 fully saturated rings. The van der Waals surface area contributed by atoms with Crippen molar-refractivity contribution in [3.63, 3.8) is 0 Å². The summed E-state index contributed by atoms with van der Waals surface area (Å²) >= 11 is 0. The smallest absolute Gasteiger partial charge is 0.229 e. The number of β-amino-alcohol motifs (C(OH)–C–C–N with tert-alkyl or cyclic N) is 1. The monoisotopic (exact) mass is 322 g/mol. The number of aromatic nitrogens is 2. The zero-order valence-corrected chi connectivity index (χ0v) is 13.9. The average Bonchev–Trinajstić information content (AvgIpc) is 3.10. The lowest BCUT2D eigenvalue weighted by Crippen LogP contribution is -2.41. The number of hydrogen-bond acceptors (Lipinski definition) is 6. The van der Waals surface area contributed by atoms with Gasteiger partial charge in [-0.05, 0) is 25.7 Å². The van der Waals surface area contributed by atoms with Gasteiger partial charge in [-0.3, -0.25) is 9.69 Å². The van der Waals surface area contributed by atoms with Crippen LogP contribution in [0.5, 0.6) is 0 Å². The first-order valence-corrected chi connectivity index (χ1v) is 8.57. The molecule has 1 amide bonds. The molecule has 1 aliphatic carbocycles. The van der Waals surface area contributed by atoms with Crippen LogP contribution < -0.4 is 0 Å². The number of aliphatic hydroxyl groups is 1. The van der Waals surface area contributed by atoms with Crippen LogP contribution in [0.15, 0.2) is 4.52 Å². The molecular weight excluding hydrogens is 296 g/mol. The highest BCUT2D eigenvalue weighted by Crippen LogP contribution is 2.38. The SMILES string of the molecule is CCC(O)CN1CCC(N(Cc2noc(C3CC3)n2)C(C)=O)C1. The molecule has 2 atom stereocenters. The molecule has 2 aliphatic rings. The summed E-state index contributed by atoms with van der Waals surface area (Å²) in [6.45, 7) is 6.35. The first-order chi connectivity index (χ1) is 11.1. The van der Waals surface area contributed by atoms with E-state index in [4.69, 9.17) is 4.52 Å². The molecule has 1 saturated carbocycles. The summed E-state index contributed by atoms with van der Waals surface area (Å²) in [5, 5.41) is 13.8. The van der Waals surface area contributed by atoms with E-state index in [2.05, 4.69) is 15.0 Å². The van der Waals surface area contributed by atoms with Crippen LogP contribution in [0.2, 0.25) is 0 Å². The van der Waals surface area contributed by atoms with Crippen LogP contribution in [0, 0.1) is 0 Å². The fourth-order valence-electron chi connectivity index (χ4n) is 3.14. The van der Waals surface area contributed by atoms with Crippen LogP contribution >= 0.6 is 0 Å². The second-order valence-corrected chi connectivity index (χ2v) is 6.73. The highest BCUT2D eigenvalue weighted by Gasteiger charge is 2.33. The quantitative estimate of drug-likeness (QED) is 0.810. The molecular formula is C16H26N4O3. The minimum absolute atomic E-state index is 0.0330. The third kappa shape index (κ3) is 4.09. The predicted molar refractivity (Wildman–Crippen MR) is 83.6 cm³/mol. The fraction of sp³-hybridized carbons (Fsp3) is 0.812. The van der Waals surface area contributed by atoms with Crippen LogP contribution in [-0.2, 0) is 11.3 Å². The predicted octanol–water partition coefficient (Wildman–Crippen LogP) is 1.14. The van der Waals surface area contributed by atoms with Crippen molar-refractivity contribution in [2.45, 2.75) is 64.1 Å². The molecule has 3 rings (SSSR count). The van der Waals surface area contributed by atoms with Gasteiger partial charge in [0.2, 0.25) is 11.8 Å². The van der Waals surface area contributed by atoms with E-state index < -0.39 is 0 Å². The number of carbonyl (C=O) groups excluding carboxylic acids is 1. The molecule has 1 aliphatic heterocycles. The minimum Gasteiger partial charge on any atom is -0.392 e. The van der Waals surface area contributed by atoms with Gasteiger partial charge in [-0.1, -0.05) is 12.1 Å². The van der Waals surface area contributed by atoms with Crippen molar-refractivity contribution in [1.82, 2.24) is 19.9 Å². The molecule has 7 heteroatoms. The Morgan fingerprint density at radius 3 is 2.91 bits per heavy atom. The Hall–Kier alpha value is -1.47. The van der Waals surface area contributed by atoms with Gasteiger partial charge in [-0.25, -0.2) is 0 Å². The van der Waals surface area contributed by atoms with E-state index in [-0.39, 0.29) is 18.1 Å². The van der Waals surface area contributed by atoms with Crippen molar-refractivity contribution < 1.29 is 14.4 Å². The maximum atomic E-state index is 12.0. The van der Waals surface area contributed by atoms with E-state index in [1.807, 2.05) is 11.8 Å². The third-order valence-electron chi connectivity index (χ3n) is 4.76. The first-order valence-electron chi connectivity index (χ1n) is 8.57. The standard InChI is InChI=1S/C16H26N4O3/c1-3-14(22)9-19-7-6-13(8-19)20(11(2)21)10-15-17-16(23-18-15)12-4-5-12/h12-14,22H,3-10H2,1-2H3. The summed E-state index contributed by atoms with van der Waals surface area (Å²) in [5.74, 6) is 1.77. The summed E-state index contributed by atoms with van der Waals surface area (Å²) in [4.78, 5) is 20.5. The van der Waals surface area contributed by atoms with Gasteiger partial charge in [0.1, 0.15) is 0 Å². The molecule has 23 heavy (non-hydrogen) atoms. The zero-order valence-electron chi connectivity index (χ0n) is 13.9. The van der Waals surface area contributed by atoms with Crippen LogP contribution in [0.25, 0.3) is 0 Å². The van der Waals surface area contributed by atoms with Gasteiger partial charge in [-0.15, -0.1) is 0 Å². The van der Waals surface area contributed by atoms with Crippen LogP contribution in [-0.4, -0.2) is 62.7 Å². The second kappa shape index (κ2) is 6.97. The van der Waals surface area contributed by atoms with E-state index in [0.29, 0.717) is 30.7 Å². The average molecular weight is 322 g/mol.